The van der Waals surface area contributed by atoms with Gasteiger partial charge in [0.05, 0.1) is 0 Å². The lowest BCUT2D eigenvalue weighted by Crippen LogP contribution is -2.62. The molecule has 5 nitrogen and oxygen atoms in total. The average molecular weight is 227 g/mol. The van der Waals surface area contributed by atoms with Gasteiger partial charge in [0.25, 0.3) is 0 Å². The molecule has 0 amide bonds. The number of aliphatic carboxylic acids is 1. The number of hydrogen-bond acceptors (Lipinski definition) is 4. The smallest absolute Gasteiger partial charge is 0.323 e. The van der Waals surface area contributed by atoms with E-state index in [1.807, 2.05) is 5.01 Å². The van der Waals surface area contributed by atoms with Gasteiger partial charge in [-0.3, -0.25) is 4.79 Å². The summed E-state index contributed by atoms with van der Waals surface area (Å²) >= 11 is 0. The first-order chi connectivity index (χ1) is 7.70. The number of hydrogen-bond donors (Lipinski definition) is 2. The van der Waals surface area contributed by atoms with E-state index in [1.54, 1.807) is 0 Å². The molecule has 0 bridgehead atoms. The summed E-state index contributed by atoms with van der Waals surface area (Å²) in [5.41, 5.74) is 5.93. The number of carboxylic acids is 1. The molecule has 2 rings (SSSR count). The molecule has 3 N–H and O–H groups in total. The summed E-state index contributed by atoms with van der Waals surface area (Å²) in [6.07, 6.45) is 5.41. The minimum absolute atomic E-state index is 0.229. The predicted octanol–water partition coefficient (Wildman–Crippen LogP) is 0.264. The molecule has 5 heteroatoms. The zero-order valence-electron chi connectivity index (χ0n) is 9.64. The summed E-state index contributed by atoms with van der Waals surface area (Å²) in [7, 11) is 0. The maximum Gasteiger partial charge on any atom is 0.323 e. The average Bonchev–Trinajstić information content (AvgIpc) is 2.29. The van der Waals surface area contributed by atoms with Crippen LogP contribution in [-0.2, 0) is 4.79 Å². The van der Waals surface area contributed by atoms with Crippen LogP contribution in [0.25, 0.3) is 0 Å². The van der Waals surface area contributed by atoms with Crippen molar-refractivity contribution >= 4 is 5.97 Å². The van der Waals surface area contributed by atoms with Crippen LogP contribution >= 0.6 is 0 Å². The molecule has 0 aromatic rings. The van der Waals surface area contributed by atoms with Crippen LogP contribution in [0.5, 0.6) is 0 Å². The van der Waals surface area contributed by atoms with Crippen molar-refractivity contribution in [3.05, 3.63) is 0 Å². The number of carbonyl (C=O) groups is 1. The first kappa shape index (κ1) is 11.8. The Morgan fingerprint density at radius 2 is 1.81 bits per heavy atom. The van der Waals surface area contributed by atoms with Crippen LogP contribution in [0.1, 0.15) is 32.1 Å². The highest BCUT2D eigenvalue weighted by atomic mass is 16.4. The zero-order valence-corrected chi connectivity index (χ0v) is 9.64. The molecular formula is C11H21N3O2. The highest BCUT2D eigenvalue weighted by Crippen LogP contribution is 2.21. The molecule has 0 spiro atoms. The van der Waals surface area contributed by atoms with Gasteiger partial charge >= 0.3 is 5.97 Å². The molecule has 92 valence electrons. The third-order valence-electron chi connectivity index (χ3n) is 3.60. The van der Waals surface area contributed by atoms with E-state index in [2.05, 4.69) is 5.01 Å². The van der Waals surface area contributed by atoms with Crippen LogP contribution in [0, 0.1) is 0 Å². The van der Waals surface area contributed by atoms with Crippen molar-refractivity contribution < 1.29 is 9.90 Å². The number of nitrogens with zero attached hydrogens (tertiary/aromatic N) is 2. The number of nitrogens with two attached hydrogens (primary N) is 1. The van der Waals surface area contributed by atoms with E-state index < -0.39 is 12.0 Å². The zero-order chi connectivity index (χ0) is 11.5. The van der Waals surface area contributed by atoms with Gasteiger partial charge in [-0.15, -0.1) is 0 Å². The van der Waals surface area contributed by atoms with Crippen molar-refractivity contribution in [3.8, 4) is 0 Å². The van der Waals surface area contributed by atoms with Crippen molar-refractivity contribution in [1.29, 1.82) is 0 Å². The molecule has 2 aliphatic rings. The summed E-state index contributed by atoms with van der Waals surface area (Å²) in [4.78, 5) is 11.3. The van der Waals surface area contributed by atoms with Gasteiger partial charge in [-0.05, 0) is 25.7 Å². The molecule has 2 fully saturated rings. The first-order valence-corrected chi connectivity index (χ1v) is 6.20. The lowest BCUT2D eigenvalue weighted by molar-refractivity contribution is -0.160. The van der Waals surface area contributed by atoms with Gasteiger partial charge in [0.15, 0.2) is 0 Å². The van der Waals surface area contributed by atoms with Crippen LogP contribution in [0.2, 0.25) is 0 Å². The van der Waals surface area contributed by atoms with Crippen molar-refractivity contribution in [3.63, 3.8) is 0 Å². The predicted molar refractivity (Wildman–Crippen MR) is 60.8 cm³/mol. The largest absolute Gasteiger partial charge is 0.480 e. The van der Waals surface area contributed by atoms with Crippen LogP contribution in [-0.4, -0.2) is 52.8 Å². The second kappa shape index (κ2) is 5.12. The number of rotatable bonds is 2. The van der Waals surface area contributed by atoms with Crippen molar-refractivity contribution in [2.24, 2.45) is 5.73 Å². The Labute approximate surface area is 96.2 Å². The highest BCUT2D eigenvalue weighted by molar-refractivity contribution is 5.74. The summed E-state index contributed by atoms with van der Waals surface area (Å²) in [6, 6.07) is -0.750. The van der Waals surface area contributed by atoms with Crippen molar-refractivity contribution in [1.82, 2.24) is 10.0 Å². The molecule has 16 heavy (non-hydrogen) atoms. The van der Waals surface area contributed by atoms with Crippen LogP contribution in [0.15, 0.2) is 0 Å². The minimum atomic E-state index is -0.780. The Balaban J connectivity index is 2.06. The van der Waals surface area contributed by atoms with Gasteiger partial charge in [0.2, 0.25) is 0 Å². The van der Waals surface area contributed by atoms with Gasteiger partial charge < -0.3 is 10.8 Å². The van der Waals surface area contributed by atoms with E-state index in [0.717, 1.165) is 45.3 Å². The fraction of sp³-hybridized carbons (Fsp3) is 0.909. The maximum absolute atomic E-state index is 11.3. The van der Waals surface area contributed by atoms with Crippen LogP contribution in [0.4, 0.5) is 0 Å². The summed E-state index contributed by atoms with van der Waals surface area (Å²) < 4.78 is 0. The molecule has 0 aromatic heterocycles. The quantitative estimate of drug-likeness (QED) is 0.708. The van der Waals surface area contributed by atoms with E-state index in [9.17, 15) is 9.90 Å². The third kappa shape index (κ3) is 2.36. The standard InChI is InChI=1S/C11H21N3O2/c12-9-5-4-8-14(10(9)11(15)16)13-6-2-1-3-7-13/h9-10H,1-8,12H2,(H,15,16). The van der Waals surface area contributed by atoms with Crippen molar-refractivity contribution in [2.75, 3.05) is 19.6 Å². The minimum Gasteiger partial charge on any atom is -0.480 e. The van der Waals surface area contributed by atoms with Gasteiger partial charge in [-0.1, -0.05) is 6.42 Å². The molecular weight excluding hydrogens is 206 g/mol. The Morgan fingerprint density at radius 3 is 2.44 bits per heavy atom. The Hall–Kier alpha value is -0.650. The van der Waals surface area contributed by atoms with E-state index in [-0.39, 0.29) is 6.04 Å². The Kier molecular flexibility index (Phi) is 3.78. The highest BCUT2D eigenvalue weighted by Gasteiger charge is 2.37. The molecule has 0 saturated carbocycles. The van der Waals surface area contributed by atoms with Gasteiger partial charge in [0.1, 0.15) is 6.04 Å². The van der Waals surface area contributed by atoms with Crippen LogP contribution in [0.3, 0.4) is 0 Å². The fourth-order valence-electron chi connectivity index (χ4n) is 2.77. The fourth-order valence-corrected chi connectivity index (χ4v) is 2.77. The Morgan fingerprint density at radius 1 is 1.12 bits per heavy atom. The van der Waals surface area contributed by atoms with E-state index in [1.165, 1.54) is 6.42 Å². The molecule has 2 heterocycles. The van der Waals surface area contributed by atoms with Crippen LogP contribution < -0.4 is 5.73 Å². The third-order valence-corrected chi connectivity index (χ3v) is 3.60. The molecule has 2 unspecified atom stereocenters. The second-order valence-corrected chi connectivity index (χ2v) is 4.77. The number of carboxylic acid groups (broad SMARTS) is 1. The lowest BCUT2D eigenvalue weighted by atomic mass is 9.98. The van der Waals surface area contributed by atoms with E-state index >= 15 is 0 Å². The van der Waals surface area contributed by atoms with E-state index in [4.69, 9.17) is 5.73 Å². The monoisotopic (exact) mass is 227 g/mol. The second-order valence-electron chi connectivity index (χ2n) is 4.77. The SMILES string of the molecule is NC1CCCN(N2CCCCC2)C1C(=O)O. The number of piperidine rings is 2. The summed E-state index contributed by atoms with van der Waals surface area (Å²) in [5.74, 6) is -0.780. The molecule has 0 aromatic carbocycles. The van der Waals surface area contributed by atoms with Gasteiger partial charge in [-0.25, -0.2) is 10.0 Å². The lowest BCUT2D eigenvalue weighted by Gasteiger charge is -2.45. The summed E-state index contributed by atoms with van der Waals surface area (Å²) in [6.45, 7) is 2.80. The molecule has 2 saturated heterocycles. The molecule has 2 atom stereocenters. The molecule has 0 aliphatic carbocycles. The molecule has 0 radical (unpaired) electrons. The summed E-state index contributed by atoms with van der Waals surface area (Å²) in [5, 5.41) is 13.5. The van der Waals surface area contributed by atoms with E-state index in [0.29, 0.717) is 0 Å². The number of hydrazine groups is 1. The maximum atomic E-state index is 11.3. The normalized spacial score (nSPS) is 33.8. The van der Waals surface area contributed by atoms with Crippen molar-refractivity contribution in [2.45, 2.75) is 44.2 Å². The molecule has 2 aliphatic heterocycles. The Bertz CT molecular complexity index is 254. The first-order valence-electron chi connectivity index (χ1n) is 6.20. The van der Waals surface area contributed by atoms with Gasteiger partial charge in [0, 0.05) is 25.7 Å². The van der Waals surface area contributed by atoms with Gasteiger partial charge in [-0.2, -0.15) is 0 Å². The topological polar surface area (TPSA) is 69.8 Å².